The molecule has 0 heterocycles. The summed E-state index contributed by atoms with van der Waals surface area (Å²) in [5.74, 6) is 0.0417. The molecular formula is C7H8NO. The standard InChI is InChI=1S/C7H8NO/c1-8-6-4-2-3-5-7(6)9/h2-5,8H,1H3. The Balaban J connectivity index is 3.01. The Bertz CT molecular complexity index is 198. The number of hydrogen-bond acceptors (Lipinski definition) is 1. The van der Waals surface area contributed by atoms with Crippen LogP contribution in [0.5, 0.6) is 5.75 Å². The molecule has 1 N–H and O–H groups in total. The molecule has 0 spiro atoms. The fourth-order valence-electron chi connectivity index (χ4n) is 0.673. The lowest BCUT2D eigenvalue weighted by Gasteiger charge is -1.97. The van der Waals surface area contributed by atoms with Gasteiger partial charge in [0.2, 0.25) is 5.75 Å². The van der Waals surface area contributed by atoms with Gasteiger partial charge in [0, 0.05) is 7.05 Å². The SMILES string of the molecule is CNc1ccccc1[O]. The number of nitrogens with one attached hydrogen (secondary N) is 1. The van der Waals surface area contributed by atoms with E-state index in [1.807, 2.05) is 6.07 Å². The molecule has 0 aromatic heterocycles. The molecule has 0 amide bonds. The molecule has 0 aliphatic carbocycles. The maximum Gasteiger partial charge on any atom is 0.201 e. The van der Waals surface area contributed by atoms with E-state index in [0.29, 0.717) is 5.69 Å². The van der Waals surface area contributed by atoms with Gasteiger partial charge in [0.25, 0.3) is 0 Å². The van der Waals surface area contributed by atoms with Gasteiger partial charge in [0.15, 0.2) is 0 Å². The maximum atomic E-state index is 10.8. The molecule has 0 unspecified atom stereocenters. The van der Waals surface area contributed by atoms with Crippen LogP contribution in [0.4, 0.5) is 5.69 Å². The van der Waals surface area contributed by atoms with E-state index in [9.17, 15) is 5.11 Å². The van der Waals surface area contributed by atoms with Crippen LogP contribution >= 0.6 is 0 Å². The second kappa shape index (κ2) is 2.40. The molecular weight excluding hydrogens is 114 g/mol. The van der Waals surface area contributed by atoms with Gasteiger partial charge in [0.05, 0.1) is 5.69 Å². The summed E-state index contributed by atoms with van der Waals surface area (Å²) in [6.45, 7) is 0. The minimum atomic E-state index is 0.0417. The molecule has 1 radical (unpaired) electrons. The van der Waals surface area contributed by atoms with Gasteiger partial charge in [-0.05, 0) is 12.1 Å². The van der Waals surface area contributed by atoms with E-state index >= 15 is 0 Å². The van der Waals surface area contributed by atoms with Gasteiger partial charge in [-0.25, -0.2) is 0 Å². The van der Waals surface area contributed by atoms with Gasteiger partial charge in [-0.1, -0.05) is 12.1 Å². The normalized spacial score (nSPS) is 9.00. The van der Waals surface area contributed by atoms with Crippen LogP contribution in [0.1, 0.15) is 0 Å². The van der Waals surface area contributed by atoms with Crippen molar-refractivity contribution in [2.45, 2.75) is 0 Å². The van der Waals surface area contributed by atoms with Crippen LogP contribution in [-0.4, -0.2) is 7.05 Å². The molecule has 0 fully saturated rings. The molecule has 0 aliphatic heterocycles. The summed E-state index contributed by atoms with van der Waals surface area (Å²) in [4.78, 5) is 0. The minimum absolute atomic E-state index is 0.0417. The zero-order chi connectivity index (χ0) is 6.69. The lowest BCUT2D eigenvalue weighted by Crippen LogP contribution is -1.85. The zero-order valence-electron chi connectivity index (χ0n) is 5.22. The first-order valence-electron chi connectivity index (χ1n) is 2.78. The van der Waals surface area contributed by atoms with Gasteiger partial charge in [-0.2, -0.15) is 0 Å². The van der Waals surface area contributed by atoms with E-state index in [-0.39, 0.29) is 5.75 Å². The summed E-state index contributed by atoms with van der Waals surface area (Å²) in [6, 6.07) is 6.84. The Kier molecular flexibility index (Phi) is 1.58. The largest absolute Gasteiger partial charge is 0.385 e. The summed E-state index contributed by atoms with van der Waals surface area (Å²) < 4.78 is 0. The van der Waals surface area contributed by atoms with Crippen molar-refractivity contribution in [3.8, 4) is 5.75 Å². The number of anilines is 1. The van der Waals surface area contributed by atoms with Crippen molar-refractivity contribution >= 4 is 5.69 Å². The first-order chi connectivity index (χ1) is 4.34. The molecule has 0 atom stereocenters. The van der Waals surface area contributed by atoms with Crippen molar-refractivity contribution < 1.29 is 5.11 Å². The van der Waals surface area contributed by atoms with Gasteiger partial charge in [-0.3, -0.25) is 5.11 Å². The van der Waals surface area contributed by atoms with E-state index in [1.54, 1.807) is 19.2 Å². The Hall–Kier alpha value is -1.18. The highest BCUT2D eigenvalue weighted by molar-refractivity contribution is 5.54. The van der Waals surface area contributed by atoms with Crippen molar-refractivity contribution in [1.82, 2.24) is 0 Å². The van der Waals surface area contributed by atoms with E-state index < -0.39 is 0 Å². The molecule has 2 nitrogen and oxygen atoms in total. The number of rotatable bonds is 1. The van der Waals surface area contributed by atoms with Crippen LogP contribution in [-0.2, 0) is 5.11 Å². The second-order valence-electron chi connectivity index (χ2n) is 1.75. The average molecular weight is 122 g/mol. The van der Waals surface area contributed by atoms with E-state index in [1.165, 1.54) is 6.07 Å². The van der Waals surface area contributed by atoms with E-state index in [2.05, 4.69) is 5.32 Å². The summed E-state index contributed by atoms with van der Waals surface area (Å²) in [7, 11) is 1.73. The van der Waals surface area contributed by atoms with Crippen molar-refractivity contribution in [3.05, 3.63) is 24.3 Å². The van der Waals surface area contributed by atoms with Crippen LogP contribution in [0.2, 0.25) is 0 Å². The molecule has 1 aromatic carbocycles. The van der Waals surface area contributed by atoms with Gasteiger partial charge >= 0.3 is 0 Å². The van der Waals surface area contributed by atoms with E-state index in [0.717, 1.165) is 0 Å². The van der Waals surface area contributed by atoms with Crippen molar-refractivity contribution in [1.29, 1.82) is 0 Å². The average Bonchev–Trinajstić information content (AvgIpc) is 1.89. The van der Waals surface area contributed by atoms with Crippen LogP contribution in [0.3, 0.4) is 0 Å². The van der Waals surface area contributed by atoms with Crippen LogP contribution in [0, 0.1) is 0 Å². The number of benzene rings is 1. The molecule has 0 aliphatic rings. The van der Waals surface area contributed by atoms with Gasteiger partial charge in [0.1, 0.15) is 0 Å². The summed E-state index contributed by atoms with van der Waals surface area (Å²) >= 11 is 0. The molecule has 0 saturated heterocycles. The summed E-state index contributed by atoms with van der Waals surface area (Å²) in [6.07, 6.45) is 0. The van der Waals surface area contributed by atoms with Crippen molar-refractivity contribution in [2.75, 3.05) is 12.4 Å². The molecule has 1 aromatic rings. The molecule has 2 heteroatoms. The first kappa shape index (κ1) is 5.95. The Morgan fingerprint density at radius 2 is 2.00 bits per heavy atom. The summed E-state index contributed by atoms with van der Waals surface area (Å²) in [5, 5.41) is 13.6. The lowest BCUT2D eigenvalue weighted by atomic mass is 10.3. The number of para-hydroxylation sites is 2. The van der Waals surface area contributed by atoms with Gasteiger partial charge < -0.3 is 5.32 Å². The quantitative estimate of drug-likeness (QED) is 0.605. The Morgan fingerprint density at radius 1 is 1.33 bits per heavy atom. The van der Waals surface area contributed by atoms with Crippen molar-refractivity contribution in [3.63, 3.8) is 0 Å². The molecule has 0 saturated carbocycles. The molecule has 0 bridgehead atoms. The second-order valence-corrected chi connectivity index (χ2v) is 1.75. The smallest absolute Gasteiger partial charge is 0.201 e. The molecule has 47 valence electrons. The zero-order valence-corrected chi connectivity index (χ0v) is 5.22. The fourth-order valence-corrected chi connectivity index (χ4v) is 0.673. The van der Waals surface area contributed by atoms with Crippen LogP contribution < -0.4 is 5.32 Å². The lowest BCUT2D eigenvalue weighted by molar-refractivity contribution is 0.357. The highest BCUT2D eigenvalue weighted by Gasteiger charge is 1.94. The number of hydrogen-bond donors (Lipinski definition) is 1. The predicted molar refractivity (Wildman–Crippen MR) is 36.1 cm³/mol. The third-order valence-electron chi connectivity index (χ3n) is 1.16. The topological polar surface area (TPSA) is 31.9 Å². The highest BCUT2D eigenvalue weighted by Crippen LogP contribution is 2.20. The third kappa shape index (κ3) is 1.13. The Labute approximate surface area is 54.1 Å². The van der Waals surface area contributed by atoms with E-state index in [4.69, 9.17) is 0 Å². The minimum Gasteiger partial charge on any atom is -0.385 e. The molecule has 1 rings (SSSR count). The monoisotopic (exact) mass is 122 g/mol. The fraction of sp³-hybridized carbons (Fsp3) is 0.143. The Morgan fingerprint density at radius 3 is 2.44 bits per heavy atom. The highest BCUT2D eigenvalue weighted by atomic mass is 16.3. The van der Waals surface area contributed by atoms with Gasteiger partial charge in [-0.15, -0.1) is 0 Å². The van der Waals surface area contributed by atoms with Crippen molar-refractivity contribution in [2.24, 2.45) is 0 Å². The first-order valence-corrected chi connectivity index (χ1v) is 2.78. The maximum absolute atomic E-state index is 10.8. The van der Waals surface area contributed by atoms with Crippen LogP contribution in [0.15, 0.2) is 24.3 Å². The predicted octanol–water partition coefficient (Wildman–Crippen LogP) is 1.87. The molecule has 9 heavy (non-hydrogen) atoms. The van der Waals surface area contributed by atoms with Crippen LogP contribution in [0.25, 0.3) is 0 Å². The third-order valence-corrected chi connectivity index (χ3v) is 1.16. The summed E-state index contributed by atoms with van der Waals surface area (Å²) in [5.41, 5.74) is 0.650.